The van der Waals surface area contributed by atoms with Crippen molar-refractivity contribution in [1.82, 2.24) is 15.1 Å². The summed E-state index contributed by atoms with van der Waals surface area (Å²) in [7, 11) is 0. The zero-order valence-electron chi connectivity index (χ0n) is 17.5. The molecule has 0 saturated carbocycles. The van der Waals surface area contributed by atoms with E-state index >= 15 is 0 Å². The van der Waals surface area contributed by atoms with Crippen LogP contribution in [0.4, 0.5) is 10.5 Å². The summed E-state index contributed by atoms with van der Waals surface area (Å²) in [5.74, 6) is 0.482. The molecular weight excluding hydrogens is 384 g/mol. The van der Waals surface area contributed by atoms with E-state index in [1.54, 1.807) is 29.2 Å². The van der Waals surface area contributed by atoms with E-state index in [0.717, 1.165) is 32.7 Å². The number of urea groups is 1. The Kier molecular flexibility index (Phi) is 7.20. The Balaban J connectivity index is 1.28. The molecule has 0 spiro atoms. The van der Waals surface area contributed by atoms with Gasteiger partial charge in [-0.15, -0.1) is 0 Å². The molecule has 8 heteroatoms. The first kappa shape index (κ1) is 21.1. The van der Waals surface area contributed by atoms with E-state index in [1.165, 1.54) is 12.8 Å². The van der Waals surface area contributed by atoms with Crippen LogP contribution in [0.2, 0.25) is 0 Å². The van der Waals surface area contributed by atoms with E-state index in [1.807, 2.05) is 0 Å². The molecule has 3 aliphatic heterocycles. The van der Waals surface area contributed by atoms with E-state index in [-0.39, 0.29) is 11.9 Å². The Bertz CT molecular complexity index is 692. The Morgan fingerprint density at radius 1 is 1.00 bits per heavy atom. The van der Waals surface area contributed by atoms with Crippen LogP contribution in [0.5, 0.6) is 0 Å². The van der Waals surface area contributed by atoms with Crippen molar-refractivity contribution >= 4 is 17.6 Å². The molecule has 3 fully saturated rings. The third-order valence-corrected chi connectivity index (χ3v) is 6.28. The molecule has 2 atom stereocenters. The molecule has 2 N–H and O–H groups in total. The van der Waals surface area contributed by atoms with Crippen LogP contribution in [0, 0.1) is 5.92 Å². The molecule has 164 valence electrons. The molecule has 0 aromatic heterocycles. The second kappa shape index (κ2) is 10.2. The highest BCUT2D eigenvalue weighted by atomic mass is 16.5. The second-order valence-corrected chi connectivity index (χ2v) is 8.25. The molecule has 3 aliphatic rings. The lowest BCUT2D eigenvalue weighted by Crippen LogP contribution is -2.48. The molecule has 0 unspecified atom stereocenters. The quantitative estimate of drug-likeness (QED) is 0.739. The summed E-state index contributed by atoms with van der Waals surface area (Å²) in [6, 6.07) is 7.18. The largest absolute Gasteiger partial charge is 0.381 e. The highest BCUT2D eigenvalue weighted by Crippen LogP contribution is 2.24. The number of amides is 3. The van der Waals surface area contributed by atoms with E-state index in [2.05, 4.69) is 15.5 Å². The summed E-state index contributed by atoms with van der Waals surface area (Å²) in [6.45, 7) is 6.81. The normalized spacial score (nSPS) is 23.3. The number of nitrogens with zero attached hydrogens (tertiary/aromatic N) is 2. The van der Waals surface area contributed by atoms with Crippen LogP contribution in [0.25, 0.3) is 0 Å². The van der Waals surface area contributed by atoms with Gasteiger partial charge in [-0.1, -0.05) is 0 Å². The molecule has 0 aliphatic carbocycles. The maximum absolute atomic E-state index is 12.5. The Morgan fingerprint density at radius 2 is 1.73 bits per heavy atom. The summed E-state index contributed by atoms with van der Waals surface area (Å²) >= 11 is 0. The third kappa shape index (κ3) is 5.30. The van der Waals surface area contributed by atoms with Crippen LogP contribution < -0.4 is 10.6 Å². The van der Waals surface area contributed by atoms with Gasteiger partial charge >= 0.3 is 6.03 Å². The second-order valence-electron chi connectivity index (χ2n) is 8.25. The van der Waals surface area contributed by atoms with E-state index in [4.69, 9.17) is 9.47 Å². The number of ether oxygens (including phenoxy) is 2. The number of hydrogen-bond donors (Lipinski definition) is 2. The molecule has 30 heavy (non-hydrogen) atoms. The van der Waals surface area contributed by atoms with Gasteiger partial charge in [-0.2, -0.15) is 0 Å². The van der Waals surface area contributed by atoms with Gasteiger partial charge in [0, 0.05) is 49.5 Å². The number of morpholine rings is 1. The first-order chi connectivity index (χ1) is 14.7. The fraction of sp³-hybridized carbons (Fsp3) is 0.636. The van der Waals surface area contributed by atoms with Gasteiger partial charge in [0.25, 0.3) is 5.91 Å². The van der Waals surface area contributed by atoms with Gasteiger partial charge in [-0.25, -0.2) is 4.79 Å². The summed E-state index contributed by atoms with van der Waals surface area (Å²) in [4.78, 5) is 29.3. The average molecular weight is 417 g/mol. The van der Waals surface area contributed by atoms with Gasteiger partial charge < -0.3 is 25.0 Å². The van der Waals surface area contributed by atoms with E-state index in [9.17, 15) is 9.59 Å². The van der Waals surface area contributed by atoms with Crippen LogP contribution in [0.3, 0.4) is 0 Å². The maximum Gasteiger partial charge on any atom is 0.319 e. The van der Waals surface area contributed by atoms with Gasteiger partial charge in [0.15, 0.2) is 0 Å². The number of rotatable bonds is 6. The average Bonchev–Trinajstić information content (AvgIpc) is 3.50. The number of benzene rings is 1. The van der Waals surface area contributed by atoms with Crippen molar-refractivity contribution in [3.05, 3.63) is 29.8 Å². The van der Waals surface area contributed by atoms with Crippen LogP contribution in [0.15, 0.2) is 24.3 Å². The first-order valence-corrected chi connectivity index (χ1v) is 11.0. The fourth-order valence-corrected chi connectivity index (χ4v) is 4.54. The number of hydrogen-bond acceptors (Lipinski definition) is 5. The van der Waals surface area contributed by atoms with Crippen LogP contribution in [-0.2, 0) is 9.47 Å². The van der Waals surface area contributed by atoms with E-state index in [0.29, 0.717) is 56.1 Å². The van der Waals surface area contributed by atoms with Gasteiger partial charge in [0.05, 0.1) is 19.8 Å². The summed E-state index contributed by atoms with van der Waals surface area (Å²) < 4.78 is 10.9. The highest BCUT2D eigenvalue weighted by molar-refractivity contribution is 5.95. The predicted octanol–water partition coefficient (Wildman–Crippen LogP) is 1.78. The molecule has 0 bridgehead atoms. The minimum atomic E-state index is -0.217. The lowest BCUT2D eigenvalue weighted by Gasteiger charge is -2.32. The molecule has 3 heterocycles. The van der Waals surface area contributed by atoms with Crippen molar-refractivity contribution in [3.8, 4) is 0 Å². The lowest BCUT2D eigenvalue weighted by molar-refractivity contribution is 0.0303. The van der Waals surface area contributed by atoms with Crippen molar-refractivity contribution in [1.29, 1.82) is 0 Å². The summed E-state index contributed by atoms with van der Waals surface area (Å²) in [6.07, 6.45) is 3.51. The third-order valence-electron chi connectivity index (χ3n) is 6.28. The molecule has 1 aromatic carbocycles. The molecule has 1 aromatic rings. The van der Waals surface area contributed by atoms with Gasteiger partial charge in [-0.3, -0.25) is 9.69 Å². The minimum Gasteiger partial charge on any atom is -0.381 e. The fourth-order valence-electron chi connectivity index (χ4n) is 4.54. The molecule has 3 amide bonds. The SMILES string of the molecule is O=C(NC[C@@H]([C@@H]1CCOC1)N1CCCC1)Nc1ccc(C(=O)N2CCOCC2)cc1. The molecular formula is C22H32N4O4. The predicted molar refractivity (Wildman–Crippen MR) is 114 cm³/mol. The van der Waals surface area contributed by atoms with Crippen molar-refractivity contribution in [3.63, 3.8) is 0 Å². The minimum absolute atomic E-state index is 0.00143. The van der Waals surface area contributed by atoms with E-state index < -0.39 is 0 Å². The maximum atomic E-state index is 12.5. The van der Waals surface area contributed by atoms with Crippen LogP contribution >= 0.6 is 0 Å². The van der Waals surface area contributed by atoms with Crippen LogP contribution in [0.1, 0.15) is 29.6 Å². The van der Waals surface area contributed by atoms with Crippen molar-refractivity contribution in [2.75, 3.05) is 64.5 Å². The lowest BCUT2D eigenvalue weighted by atomic mass is 9.97. The smallest absolute Gasteiger partial charge is 0.319 e. The highest BCUT2D eigenvalue weighted by Gasteiger charge is 2.32. The molecule has 0 radical (unpaired) electrons. The molecule has 3 saturated heterocycles. The molecule has 8 nitrogen and oxygen atoms in total. The van der Waals surface area contributed by atoms with Crippen LogP contribution in [-0.4, -0.2) is 86.9 Å². The Hall–Kier alpha value is -2.16. The first-order valence-electron chi connectivity index (χ1n) is 11.0. The Morgan fingerprint density at radius 3 is 2.40 bits per heavy atom. The number of anilines is 1. The van der Waals surface area contributed by atoms with Gasteiger partial charge in [0.2, 0.25) is 0 Å². The van der Waals surface area contributed by atoms with Crippen molar-refractivity contribution < 1.29 is 19.1 Å². The number of nitrogens with one attached hydrogen (secondary N) is 2. The standard InChI is InChI=1S/C22H32N4O4/c27-21(26-10-13-29-14-11-26)17-3-5-19(6-4-17)24-22(28)23-15-20(18-7-12-30-16-18)25-8-1-2-9-25/h3-6,18,20H,1-2,7-16H2,(H2,23,24,28)/t18-,20+/m1/s1. The monoisotopic (exact) mass is 416 g/mol. The zero-order valence-corrected chi connectivity index (χ0v) is 17.5. The number of carbonyl (C=O) groups is 2. The summed E-state index contributed by atoms with van der Waals surface area (Å²) in [5, 5.41) is 5.92. The zero-order chi connectivity index (χ0) is 20.8. The topological polar surface area (TPSA) is 83.1 Å². The van der Waals surface area contributed by atoms with Crippen molar-refractivity contribution in [2.24, 2.45) is 5.92 Å². The summed E-state index contributed by atoms with van der Waals surface area (Å²) in [5.41, 5.74) is 1.30. The Labute approximate surface area is 177 Å². The van der Waals surface area contributed by atoms with Gasteiger partial charge in [0.1, 0.15) is 0 Å². The van der Waals surface area contributed by atoms with Gasteiger partial charge in [-0.05, 0) is 56.6 Å². The number of carbonyl (C=O) groups excluding carboxylic acids is 2. The van der Waals surface area contributed by atoms with Crippen molar-refractivity contribution in [2.45, 2.75) is 25.3 Å². The number of likely N-dealkylation sites (tertiary alicyclic amines) is 1. The molecule has 4 rings (SSSR count).